The Morgan fingerprint density at radius 2 is 2.07 bits per heavy atom. The third-order valence-electron chi connectivity index (χ3n) is 4.20. The smallest absolute Gasteiger partial charge is 0.311 e. The van der Waals surface area contributed by atoms with E-state index in [2.05, 4.69) is 5.32 Å². The van der Waals surface area contributed by atoms with E-state index in [1.165, 1.54) is 19.3 Å². The van der Waals surface area contributed by atoms with Gasteiger partial charge in [-0.2, -0.15) is 0 Å². The summed E-state index contributed by atoms with van der Waals surface area (Å²) in [4.78, 5) is 11.3. The molecule has 0 saturated heterocycles. The van der Waals surface area contributed by atoms with Crippen molar-refractivity contribution in [3.63, 3.8) is 0 Å². The fourth-order valence-corrected chi connectivity index (χ4v) is 2.95. The number of hydrogen-bond acceptors (Lipinski definition) is 2. The van der Waals surface area contributed by atoms with Crippen LogP contribution in [0.1, 0.15) is 38.5 Å². The Morgan fingerprint density at radius 3 is 2.29 bits per heavy atom. The van der Waals surface area contributed by atoms with E-state index in [-0.39, 0.29) is 6.04 Å². The number of carboxylic acid groups (broad SMARTS) is 1. The molecule has 1 atom stereocenters. The number of aliphatic carboxylic acids is 1. The van der Waals surface area contributed by atoms with E-state index in [9.17, 15) is 9.90 Å². The highest BCUT2D eigenvalue weighted by molar-refractivity contribution is 5.76. The molecule has 2 fully saturated rings. The van der Waals surface area contributed by atoms with Crippen LogP contribution < -0.4 is 5.32 Å². The molecule has 80 valence electrons. The normalized spacial score (nSPS) is 27.5. The largest absolute Gasteiger partial charge is 0.481 e. The number of hydrogen-bond donors (Lipinski definition) is 2. The van der Waals surface area contributed by atoms with Crippen LogP contribution in [0.5, 0.6) is 0 Å². The van der Waals surface area contributed by atoms with Crippen LogP contribution in [-0.2, 0) is 4.79 Å². The van der Waals surface area contributed by atoms with Crippen molar-refractivity contribution >= 4 is 5.97 Å². The quantitative estimate of drug-likeness (QED) is 0.720. The lowest BCUT2D eigenvalue weighted by atomic mass is 9.58. The lowest BCUT2D eigenvalue weighted by Gasteiger charge is -2.49. The molecule has 0 aliphatic heterocycles. The van der Waals surface area contributed by atoms with E-state index >= 15 is 0 Å². The molecule has 0 amide bonds. The lowest BCUT2D eigenvalue weighted by molar-refractivity contribution is -0.159. The lowest BCUT2D eigenvalue weighted by Crippen LogP contribution is -2.57. The summed E-state index contributed by atoms with van der Waals surface area (Å²) in [7, 11) is 1.91. The molecule has 0 aromatic heterocycles. The number of carbonyl (C=O) groups is 1. The van der Waals surface area contributed by atoms with Gasteiger partial charge in [0.05, 0.1) is 5.41 Å². The molecule has 14 heavy (non-hydrogen) atoms. The predicted molar refractivity (Wildman–Crippen MR) is 54.1 cm³/mol. The molecule has 0 bridgehead atoms. The third-order valence-corrected chi connectivity index (χ3v) is 4.20. The van der Waals surface area contributed by atoms with E-state index in [4.69, 9.17) is 0 Å². The first-order valence-corrected chi connectivity index (χ1v) is 5.61. The first-order chi connectivity index (χ1) is 6.70. The monoisotopic (exact) mass is 197 g/mol. The number of nitrogens with one attached hydrogen (secondary N) is 1. The van der Waals surface area contributed by atoms with Gasteiger partial charge in [0.15, 0.2) is 0 Å². The summed E-state index contributed by atoms with van der Waals surface area (Å²) in [5.74, 6) is 0.0198. The minimum atomic E-state index is -0.588. The van der Waals surface area contributed by atoms with Crippen LogP contribution in [0.4, 0.5) is 0 Å². The maximum atomic E-state index is 11.3. The van der Waals surface area contributed by atoms with Crippen molar-refractivity contribution in [2.45, 2.75) is 44.6 Å². The Bertz CT molecular complexity index is 231. The van der Waals surface area contributed by atoms with Crippen LogP contribution in [0.15, 0.2) is 0 Å². The molecule has 2 N–H and O–H groups in total. The van der Waals surface area contributed by atoms with Gasteiger partial charge >= 0.3 is 5.97 Å². The molecule has 2 rings (SSSR count). The van der Waals surface area contributed by atoms with Crippen LogP contribution in [0.25, 0.3) is 0 Å². The zero-order valence-electron chi connectivity index (χ0n) is 8.75. The van der Waals surface area contributed by atoms with Gasteiger partial charge in [0.2, 0.25) is 0 Å². The van der Waals surface area contributed by atoms with Crippen molar-refractivity contribution in [3.05, 3.63) is 0 Å². The van der Waals surface area contributed by atoms with Gasteiger partial charge in [-0.15, -0.1) is 0 Å². The molecular weight excluding hydrogens is 178 g/mol. The molecule has 0 radical (unpaired) electrons. The van der Waals surface area contributed by atoms with Crippen molar-refractivity contribution in [1.29, 1.82) is 0 Å². The highest BCUT2D eigenvalue weighted by Gasteiger charge is 2.53. The minimum absolute atomic E-state index is 0.211. The van der Waals surface area contributed by atoms with Gasteiger partial charge in [0.25, 0.3) is 0 Å². The summed E-state index contributed by atoms with van der Waals surface area (Å²) >= 11 is 0. The molecule has 3 heteroatoms. The van der Waals surface area contributed by atoms with Crippen molar-refractivity contribution in [2.24, 2.45) is 11.3 Å². The average molecular weight is 197 g/mol. The Balaban J connectivity index is 2.11. The maximum Gasteiger partial charge on any atom is 0.311 e. The second kappa shape index (κ2) is 3.54. The zero-order chi connectivity index (χ0) is 10.2. The molecule has 0 aromatic rings. The fourth-order valence-electron chi connectivity index (χ4n) is 2.95. The van der Waals surface area contributed by atoms with E-state index in [1.54, 1.807) is 0 Å². The Kier molecular flexibility index (Phi) is 2.52. The van der Waals surface area contributed by atoms with Gasteiger partial charge in [0, 0.05) is 6.04 Å². The second-order valence-corrected chi connectivity index (χ2v) is 4.77. The molecular formula is C11H19NO2. The highest BCUT2D eigenvalue weighted by atomic mass is 16.4. The van der Waals surface area contributed by atoms with Gasteiger partial charge in [-0.3, -0.25) is 4.79 Å². The number of rotatable bonds is 4. The van der Waals surface area contributed by atoms with Gasteiger partial charge < -0.3 is 10.4 Å². The summed E-state index contributed by atoms with van der Waals surface area (Å²) < 4.78 is 0. The molecule has 0 heterocycles. The van der Waals surface area contributed by atoms with Gasteiger partial charge in [-0.1, -0.05) is 12.8 Å². The van der Waals surface area contributed by atoms with Crippen molar-refractivity contribution in [1.82, 2.24) is 5.32 Å². The first-order valence-electron chi connectivity index (χ1n) is 5.61. The third kappa shape index (κ3) is 1.26. The van der Waals surface area contributed by atoms with E-state index in [1.807, 2.05) is 7.05 Å². The van der Waals surface area contributed by atoms with Crippen LogP contribution in [0.3, 0.4) is 0 Å². The maximum absolute atomic E-state index is 11.3. The summed E-state index contributed by atoms with van der Waals surface area (Å²) in [5.41, 5.74) is -0.431. The Labute approximate surface area is 84.9 Å². The predicted octanol–water partition coefficient (Wildman–Crippen LogP) is 1.63. The van der Waals surface area contributed by atoms with Crippen LogP contribution in [-0.4, -0.2) is 24.2 Å². The van der Waals surface area contributed by atoms with E-state index in [0.29, 0.717) is 5.92 Å². The topological polar surface area (TPSA) is 49.3 Å². The molecule has 2 aliphatic rings. The zero-order valence-corrected chi connectivity index (χ0v) is 8.75. The van der Waals surface area contributed by atoms with Crippen LogP contribution in [0, 0.1) is 11.3 Å². The summed E-state index contributed by atoms with van der Waals surface area (Å²) in [5, 5.41) is 12.6. The van der Waals surface area contributed by atoms with Crippen LogP contribution >= 0.6 is 0 Å². The first kappa shape index (κ1) is 9.97. The summed E-state index contributed by atoms with van der Waals surface area (Å²) in [6, 6.07) is 0.211. The fraction of sp³-hybridized carbons (Fsp3) is 0.909. The standard InChI is InChI=1S/C11H19NO2/c1-12-9(8-4-2-5-8)11(10(13)14)6-3-7-11/h8-9,12H,2-7H2,1H3,(H,13,14). The highest BCUT2D eigenvalue weighted by Crippen LogP contribution is 2.49. The average Bonchev–Trinajstić information content (AvgIpc) is 1.96. The molecule has 2 saturated carbocycles. The van der Waals surface area contributed by atoms with Gasteiger partial charge in [-0.25, -0.2) is 0 Å². The van der Waals surface area contributed by atoms with Gasteiger partial charge in [-0.05, 0) is 38.6 Å². The van der Waals surface area contributed by atoms with Gasteiger partial charge in [0.1, 0.15) is 0 Å². The van der Waals surface area contributed by atoms with E-state index in [0.717, 1.165) is 19.3 Å². The van der Waals surface area contributed by atoms with Crippen molar-refractivity contribution in [2.75, 3.05) is 7.05 Å². The second-order valence-electron chi connectivity index (χ2n) is 4.77. The van der Waals surface area contributed by atoms with Crippen molar-refractivity contribution < 1.29 is 9.90 Å². The summed E-state index contributed by atoms with van der Waals surface area (Å²) in [6.07, 6.45) is 6.51. The van der Waals surface area contributed by atoms with E-state index < -0.39 is 11.4 Å². The molecule has 3 nitrogen and oxygen atoms in total. The SMILES string of the molecule is CNC(C1CCC1)C1(C(=O)O)CCC1. The van der Waals surface area contributed by atoms with Crippen LogP contribution in [0.2, 0.25) is 0 Å². The number of carboxylic acids is 1. The van der Waals surface area contributed by atoms with Crippen molar-refractivity contribution in [3.8, 4) is 0 Å². The minimum Gasteiger partial charge on any atom is -0.481 e. The Morgan fingerprint density at radius 1 is 1.43 bits per heavy atom. The molecule has 0 aromatic carbocycles. The summed E-state index contributed by atoms with van der Waals surface area (Å²) in [6.45, 7) is 0. The molecule has 2 aliphatic carbocycles. The molecule has 0 spiro atoms. The molecule has 1 unspecified atom stereocenters. The Hall–Kier alpha value is -0.570.